The lowest BCUT2D eigenvalue weighted by Gasteiger charge is -2.36. The van der Waals surface area contributed by atoms with Gasteiger partial charge in [-0.3, -0.25) is 4.79 Å². The van der Waals surface area contributed by atoms with Crippen LogP contribution in [0.2, 0.25) is 18.1 Å². The van der Waals surface area contributed by atoms with E-state index in [2.05, 4.69) is 0 Å². The van der Waals surface area contributed by atoms with Crippen LogP contribution in [0.1, 0.15) is 27.2 Å². The van der Waals surface area contributed by atoms with Crippen molar-refractivity contribution in [3.8, 4) is 0 Å². The van der Waals surface area contributed by atoms with Crippen molar-refractivity contribution < 1.29 is 24.2 Å². The molecule has 2 N–H and O–H groups in total. The summed E-state index contributed by atoms with van der Waals surface area (Å²) < 4.78 is 5.55. The SMILES string of the molecule is CC(C)(C)[Si](C)(C)OC(=CCC(=O)O)C(=O)O. The van der Waals surface area contributed by atoms with Gasteiger partial charge in [0.2, 0.25) is 0 Å². The molecule has 0 spiro atoms. The van der Waals surface area contributed by atoms with Crippen LogP contribution in [0.25, 0.3) is 0 Å². The Balaban J connectivity index is 4.96. The van der Waals surface area contributed by atoms with Gasteiger partial charge in [0.25, 0.3) is 8.32 Å². The molecular formula is C11H20O5Si. The molecule has 98 valence electrons. The van der Waals surface area contributed by atoms with E-state index in [4.69, 9.17) is 14.6 Å². The Morgan fingerprint density at radius 2 is 1.71 bits per heavy atom. The predicted octanol–water partition coefficient (Wildman–Crippen LogP) is 2.45. The number of rotatable bonds is 5. The minimum absolute atomic E-state index is 0.134. The zero-order valence-corrected chi connectivity index (χ0v) is 11.9. The zero-order chi connectivity index (χ0) is 13.9. The monoisotopic (exact) mass is 260 g/mol. The van der Waals surface area contributed by atoms with Gasteiger partial charge in [-0.1, -0.05) is 20.8 Å². The Kier molecular flexibility index (Phi) is 4.94. The van der Waals surface area contributed by atoms with Crippen molar-refractivity contribution >= 4 is 20.3 Å². The van der Waals surface area contributed by atoms with Gasteiger partial charge in [0.1, 0.15) is 0 Å². The minimum atomic E-state index is -2.24. The summed E-state index contributed by atoms with van der Waals surface area (Å²) in [6.45, 7) is 9.76. The highest BCUT2D eigenvalue weighted by atomic mass is 28.4. The van der Waals surface area contributed by atoms with E-state index in [-0.39, 0.29) is 17.2 Å². The molecule has 0 bridgehead atoms. The fourth-order valence-electron chi connectivity index (χ4n) is 0.781. The summed E-state index contributed by atoms with van der Waals surface area (Å²) in [7, 11) is -2.24. The van der Waals surface area contributed by atoms with Crippen molar-refractivity contribution in [3.63, 3.8) is 0 Å². The lowest BCUT2D eigenvalue weighted by Crippen LogP contribution is -2.41. The average molecular weight is 260 g/mol. The van der Waals surface area contributed by atoms with Crippen LogP contribution in [0, 0.1) is 0 Å². The second-order valence-electron chi connectivity index (χ2n) is 5.33. The van der Waals surface area contributed by atoms with Crippen LogP contribution in [0.5, 0.6) is 0 Å². The number of hydrogen-bond donors (Lipinski definition) is 2. The lowest BCUT2D eigenvalue weighted by molar-refractivity contribution is -0.136. The first kappa shape index (κ1) is 15.7. The van der Waals surface area contributed by atoms with Crippen molar-refractivity contribution in [3.05, 3.63) is 11.8 Å². The third-order valence-electron chi connectivity index (χ3n) is 2.84. The molecule has 0 atom stereocenters. The number of hydrogen-bond acceptors (Lipinski definition) is 3. The fourth-order valence-corrected chi connectivity index (χ4v) is 1.81. The molecule has 0 fully saturated rings. The second-order valence-corrected chi connectivity index (χ2v) is 10.1. The Morgan fingerprint density at radius 1 is 1.24 bits per heavy atom. The third-order valence-corrected chi connectivity index (χ3v) is 7.19. The van der Waals surface area contributed by atoms with Gasteiger partial charge in [0, 0.05) is 0 Å². The number of carbonyl (C=O) groups is 2. The highest BCUT2D eigenvalue weighted by Crippen LogP contribution is 2.37. The highest BCUT2D eigenvalue weighted by molar-refractivity contribution is 6.74. The van der Waals surface area contributed by atoms with Gasteiger partial charge in [-0.25, -0.2) is 4.79 Å². The molecule has 5 nitrogen and oxygen atoms in total. The van der Waals surface area contributed by atoms with Crippen LogP contribution >= 0.6 is 0 Å². The fraction of sp³-hybridized carbons (Fsp3) is 0.636. The maximum atomic E-state index is 11.0. The Hall–Kier alpha value is -1.30. The first-order valence-corrected chi connectivity index (χ1v) is 8.22. The summed E-state index contributed by atoms with van der Waals surface area (Å²) in [4.78, 5) is 21.4. The molecule has 0 heterocycles. The predicted molar refractivity (Wildman–Crippen MR) is 66.3 cm³/mol. The van der Waals surface area contributed by atoms with E-state index in [0.29, 0.717) is 0 Å². The summed E-state index contributed by atoms with van der Waals surface area (Å²) in [6, 6.07) is 0. The second kappa shape index (κ2) is 5.35. The number of carboxylic acids is 2. The van der Waals surface area contributed by atoms with Crippen molar-refractivity contribution in [1.82, 2.24) is 0 Å². The zero-order valence-electron chi connectivity index (χ0n) is 10.9. The third kappa shape index (κ3) is 5.03. The molecular weight excluding hydrogens is 240 g/mol. The first-order chi connectivity index (χ1) is 7.47. The molecule has 0 unspecified atom stereocenters. The van der Waals surface area contributed by atoms with Gasteiger partial charge in [-0.15, -0.1) is 0 Å². The van der Waals surface area contributed by atoms with Crippen LogP contribution in [-0.2, 0) is 14.0 Å². The van der Waals surface area contributed by atoms with Crippen molar-refractivity contribution in [2.24, 2.45) is 0 Å². The molecule has 17 heavy (non-hydrogen) atoms. The molecule has 0 aliphatic rings. The molecule has 0 aromatic rings. The molecule has 0 rings (SSSR count). The van der Waals surface area contributed by atoms with Crippen LogP contribution in [0.15, 0.2) is 11.8 Å². The van der Waals surface area contributed by atoms with Gasteiger partial charge >= 0.3 is 11.9 Å². The Morgan fingerprint density at radius 3 is 2.00 bits per heavy atom. The summed E-state index contributed by atoms with van der Waals surface area (Å²) in [5.41, 5.74) is 0. The van der Waals surface area contributed by atoms with Gasteiger partial charge in [-0.2, -0.15) is 0 Å². The normalized spacial score (nSPS) is 13.4. The van der Waals surface area contributed by atoms with Crippen LogP contribution in [0.4, 0.5) is 0 Å². The summed E-state index contributed by atoms with van der Waals surface area (Å²) in [5, 5.41) is 17.3. The van der Waals surface area contributed by atoms with E-state index in [1.807, 2.05) is 33.9 Å². The Bertz CT molecular complexity index is 338. The summed E-state index contributed by atoms with van der Waals surface area (Å²) >= 11 is 0. The molecule has 0 saturated heterocycles. The van der Waals surface area contributed by atoms with Gasteiger partial charge in [-0.05, 0) is 24.2 Å². The van der Waals surface area contributed by atoms with E-state index >= 15 is 0 Å². The van der Waals surface area contributed by atoms with Crippen molar-refractivity contribution in [2.75, 3.05) is 0 Å². The maximum Gasteiger partial charge on any atom is 0.369 e. The highest BCUT2D eigenvalue weighted by Gasteiger charge is 2.40. The van der Waals surface area contributed by atoms with Gasteiger partial charge in [0.05, 0.1) is 6.42 Å². The largest absolute Gasteiger partial charge is 0.539 e. The van der Waals surface area contributed by atoms with E-state index in [1.165, 1.54) is 0 Å². The van der Waals surface area contributed by atoms with Crippen molar-refractivity contribution in [2.45, 2.75) is 45.3 Å². The van der Waals surface area contributed by atoms with Crippen LogP contribution in [0.3, 0.4) is 0 Å². The average Bonchev–Trinajstić information content (AvgIpc) is 2.09. The maximum absolute atomic E-state index is 11.0. The standard InChI is InChI=1S/C11H20O5Si/c1-11(2,3)17(4,5)16-8(10(14)15)6-7-9(12)13/h6H,7H2,1-5H3,(H,12,13)(H,14,15). The number of aliphatic carboxylic acids is 2. The summed E-state index contributed by atoms with van der Waals surface area (Å²) in [5.74, 6) is -2.57. The molecule has 0 aliphatic heterocycles. The van der Waals surface area contributed by atoms with E-state index in [1.54, 1.807) is 0 Å². The number of carboxylic acid groups (broad SMARTS) is 2. The van der Waals surface area contributed by atoms with Gasteiger partial charge in [0.15, 0.2) is 5.76 Å². The first-order valence-electron chi connectivity index (χ1n) is 5.31. The molecule has 0 saturated carbocycles. The van der Waals surface area contributed by atoms with E-state index < -0.39 is 20.3 Å². The molecule has 6 heteroatoms. The Labute approximate surface area is 102 Å². The summed E-state index contributed by atoms with van der Waals surface area (Å²) in [6.07, 6.45) is 0.751. The van der Waals surface area contributed by atoms with E-state index in [0.717, 1.165) is 6.08 Å². The van der Waals surface area contributed by atoms with Crippen LogP contribution in [-0.4, -0.2) is 30.5 Å². The van der Waals surface area contributed by atoms with Crippen molar-refractivity contribution in [1.29, 1.82) is 0 Å². The molecule has 0 aliphatic carbocycles. The van der Waals surface area contributed by atoms with E-state index in [9.17, 15) is 9.59 Å². The van der Waals surface area contributed by atoms with Gasteiger partial charge < -0.3 is 14.6 Å². The smallest absolute Gasteiger partial charge is 0.369 e. The quantitative estimate of drug-likeness (QED) is 0.450. The molecule has 0 aromatic carbocycles. The minimum Gasteiger partial charge on any atom is -0.539 e. The molecule has 0 radical (unpaired) electrons. The molecule has 0 amide bonds. The molecule has 0 aromatic heterocycles. The topological polar surface area (TPSA) is 83.8 Å². The van der Waals surface area contributed by atoms with Crippen LogP contribution < -0.4 is 0 Å². The lowest BCUT2D eigenvalue weighted by atomic mass is 10.2.